The van der Waals surface area contributed by atoms with Crippen molar-refractivity contribution in [1.82, 2.24) is 4.98 Å². The van der Waals surface area contributed by atoms with Gasteiger partial charge in [-0.1, -0.05) is 27.5 Å². The molecule has 134 valence electrons. The number of nitrogens with one attached hydrogen (secondary N) is 1. The molecule has 0 radical (unpaired) electrons. The Morgan fingerprint density at radius 2 is 2.04 bits per heavy atom. The lowest BCUT2D eigenvalue weighted by atomic mass is 10.3. The Morgan fingerprint density at radius 1 is 1.27 bits per heavy atom. The van der Waals surface area contributed by atoms with E-state index in [0.29, 0.717) is 22.2 Å². The van der Waals surface area contributed by atoms with Gasteiger partial charge in [0.2, 0.25) is 5.91 Å². The largest absolute Gasteiger partial charge is 0.486 e. The molecule has 3 rings (SSSR count). The summed E-state index contributed by atoms with van der Waals surface area (Å²) < 4.78 is 19.2. The summed E-state index contributed by atoms with van der Waals surface area (Å²) in [5, 5.41) is 5.77. The van der Waals surface area contributed by atoms with Crippen LogP contribution < -0.4 is 10.1 Å². The number of halogens is 3. The van der Waals surface area contributed by atoms with Crippen molar-refractivity contribution in [2.75, 3.05) is 5.32 Å². The van der Waals surface area contributed by atoms with E-state index < -0.39 is 0 Å². The van der Waals surface area contributed by atoms with Crippen LogP contribution in [0.3, 0.4) is 0 Å². The predicted octanol–water partition coefficient (Wildman–Crippen LogP) is 5.46. The first kappa shape index (κ1) is 18.8. The number of amides is 1. The van der Waals surface area contributed by atoms with Crippen LogP contribution in [-0.4, -0.2) is 10.9 Å². The molecule has 26 heavy (non-hydrogen) atoms. The molecule has 1 heterocycles. The molecule has 0 aliphatic rings. The van der Waals surface area contributed by atoms with E-state index >= 15 is 0 Å². The summed E-state index contributed by atoms with van der Waals surface area (Å²) >= 11 is 10.8. The Kier molecular flexibility index (Phi) is 6.24. The average molecular weight is 456 g/mol. The number of carbonyl (C=O) groups is 1. The first-order chi connectivity index (χ1) is 12.5. The zero-order valence-electron chi connectivity index (χ0n) is 13.3. The van der Waals surface area contributed by atoms with Crippen LogP contribution in [0.2, 0.25) is 5.02 Å². The summed E-state index contributed by atoms with van der Waals surface area (Å²) in [4.78, 5) is 16.5. The number of ether oxygens (including phenoxy) is 1. The lowest BCUT2D eigenvalue weighted by Gasteiger charge is -2.06. The molecule has 1 aromatic heterocycles. The summed E-state index contributed by atoms with van der Waals surface area (Å²) in [6.45, 7) is 0.260. The van der Waals surface area contributed by atoms with Gasteiger partial charge in [0, 0.05) is 9.85 Å². The van der Waals surface area contributed by atoms with Crippen LogP contribution in [0.25, 0.3) is 0 Å². The summed E-state index contributed by atoms with van der Waals surface area (Å²) in [5.41, 5.74) is 1.20. The number of carbonyl (C=O) groups excluding carboxylic acids is 1. The molecule has 0 aliphatic heterocycles. The first-order valence-electron chi connectivity index (χ1n) is 7.56. The van der Waals surface area contributed by atoms with E-state index in [1.54, 1.807) is 30.3 Å². The van der Waals surface area contributed by atoms with Gasteiger partial charge in [0.1, 0.15) is 23.2 Å². The van der Waals surface area contributed by atoms with Gasteiger partial charge < -0.3 is 10.1 Å². The van der Waals surface area contributed by atoms with Gasteiger partial charge in [-0.25, -0.2) is 9.37 Å². The predicted molar refractivity (Wildman–Crippen MR) is 104 cm³/mol. The maximum absolute atomic E-state index is 12.9. The zero-order valence-corrected chi connectivity index (χ0v) is 16.5. The molecule has 8 heteroatoms. The summed E-state index contributed by atoms with van der Waals surface area (Å²) in [5.74, 6) is 0.0436. The van der Waals surface area contributed by atoms with Gasteiger partial charge in [-0.15, -0.1) is 11.3 Å². The Balaban J connectivity index is 1.54. The second-order valence-electron chi connectivity index (χ2n) is 5.32. The third kappa shape index (κ3) is 5.27. The maximum atomic E-state index is 12.9. The van der Waals surface area contributed by atoms with Gasteiger partial charge in [-0.3, -0.25) is 4.79 Å². The molecule has 0 unspecified atom stereocenters. The molecule has 2 aromatic carbocycles. The molecular formula is C18H13BrClFN2O2S. The molecule has 0 saturated carbocycles. The lowest BCUT2D eigenvalue weighted by molar-refractivity contribution is -0.115. The van der Waals surface area contributed by atoms with E-state index in [1.165, 1.54) is 23.5 Å². The van der Waals surface area contributed by atoms with Gasteiger partial charge in [0.05, 0.1) is 22.8 Å². The fourth-order valence-electron chi connectivity index (χ4n) is 2.12. The van der Waals surface area contributed by atoms with Crippen LogP contribution in [0.4, 0.5) is 10.1 Å². The van der Waals surface area contributed by atoms with Crippen molar-refractivity contribution in [2.45, 2.75) is 13.0 Å². The van der Waals surface area contributed by atoms with Crippen LogP contribution in [0.15, 0.2) is 52.3 Å². The van der Waals surface area contributed by atoms with E-state index in [-0.39, 0.29) is 24.8 Å². The van der Waals surface area contributed by atoms with Crippen molar-refractivity contribution in [3.8, 4) is 5.75 Å². The zero-order chi connectivity index (χ0) is 18.5. The molecule has 0 spiro atoms. The highest BCUT2D eigenvalue weighted by Crippen LogP contribution is 2.26. The Labute approximate surface area is 167 Å². The van der Waals surface area contributed by atoms with Crippen molar-refractivity contribution < 1.29 is 13.9 Å². The Bertz CT molecular complexity index is 918. The van der Waals surface area contributed by atoms with Gasteiger partial charge in [0.15, 0.2) is 0 Å². The topological polar surface area (TPSA) is 51.2 Å². The summed E-state index contributed by atoms with van der Waals surface area (Å²) in [6.07, 6.45) is 0.138. The number of benzene rings is 2. The van der Waals surface area contributed by atoms with Crippen LogP contribution in [0.1, 0.15) is 10.7 Å². The van der Waals surface area contributed by atoms with Crippen LogP contribution in [0, 0.1) is 5.82 Å². The molecule has 4 nitrogen and oxygen atoms in total. The summed E-state index contributed by atoms with van der Waals surface area (Å²) in [7, 11) is 0. The van der Waals surface area contributed by atoms with Crippen molar-refractivity contribution in [2.24, 2.45) is 0 Å². The van der Waals surface area contributed by atoms with Gasteiger partial charge in [0.25, 0.3) is 0 Å². The van der Waals surface area contributed by atoms with E-state index in [1.807, 2.05) is 5.38 Å². The molecule has 0 aliphatic carbocycles. The molecule has 0 bridgehead atoms. The fourth-order valence-corrected chi connectivity index (χ4v) is 3.55. The Morgan fingerprint density at radius 3 is 2.77 bits per heavy atom. The molecule has 0 saturated heterocycles. The van der Waals surface area contributed by atoms with Gasteiger partial charge >= 0.3 is 0 Å². The van der Waals surface area contributed by atoms with Gasteiger partial charge in [-0.2, -0.15) is 0 Å². The quantitative estimate of drug-likeness (QED) is 0.537. The SMILES string of the molecule is O=C(Cc1csc(COc2ccc(F)cc2)n1)Nc1ccc(Br)cc1Cl. The normalized spacial score (nSPS) is 10.6. The van der Waals surface area contributed by atoms with Crippen molar-refractivity contribution >= 4 is 50.5 Å². The molecular weight excluding hydrogens is 443 g/mol. The van der Waals surface area contributed by atoms with Crippen LogP contribution in [0.5, 0.6) is 5.75 Å². The molecule has 3 aromatic rings. The van der Waals surface area contributed by atoms with E-state index in [4.69, 9.17) is 16.3 Å². The highest BCUT2D eigenvalue weighted by atomic mass is 79.9. The number of thiazole rings is 1. The number of anilines is 1. The average Bonchev–Trinajstić information content (AvgIpc) is 3.04. The van der Waals surface area contributed by atoms with Crippen molar-refractivity contribution in [3.05, 3.63) is 73.9 Å². The highest BCUT2D eigenvalue weighted by molar-refractivity contribution is 9.10. The maximum Gasteiger partial charge on any atom is 0.230 e. The molecule has 1 amide bonds. The minimum atomic E-state index is -0.314. The minimum absolute atomic E-state index is 0.138. The number of aromatic nitrogens is 1. The number of hydrogen-bond donors (Lipinski definition) is 1. The van der Waals surface area contributed by atoms with E-state index in [0.717, 1.165) is 9.48 Å². The smallest absolute Gasteiger partial charge is 0.230 e. The van der Waals surface area contributed by atoms with Crippen LogP contribution in [-0.2, 0) is 17.8 Å². The minimum Gasteiger partial charge on any atom is -0.486 e. The Hall–Kier alpha value is -1.96. The first-order valence-corrected chi connectivity index (χ1v) is 9.61. The summed E-state index contributed by atoms with van der Waals surface area (Å²) in [6, 6.07) is 11.0. The van der Waals surface area contributed by atoms with Crippen molar-refractivity contribution in [3.63, 3.8) is 0 Å². The second kappa shape index (κ2) is 8.62. The van der Waals surface area contributed by atoms with Crippen molar-refractivity contribution in [1.29, 1.82) is 0 Å². The highest BCUT2D eigenvalue weighted by Gasteiger charge is 2.10. The molecule has 0 fully saturated rings. The lowest BCUT2D eigenvalue weighted by Crippen LogP contribution is -2.15. The van der Waals surface area contributed by atoms with E-state index in [9.17, 15) is 9.18 Å². The second-order valence-corrected chi connectivity index (χ2v) is 7.59. The molecule has 0 atom stereocenters. The standard InChI is InChI=1S/C18H13BrClFN2O2S/c19-11-1-6-16(15(20)7-11)23-17(24)8-13-10-26-18(22-13)9-25-14-4-2-12(21)3-5-14/h1-7,10H,8-9H2,(H,23,24). The third-order valence-electron chi connectivity index (χ3n) is 3.32. The third-order valence-corrected chi connectivity index (χ3v) is 5.00. The fraction of sp³-hybridized carbons (Fsp3) is 0.111. The number of rotatable bonds is 6. The molecule has 1 N–H and O–H groups in total. The van der Waals surface area contributed by atoms with Gasteiger partial charge in [-0.05, 0) is 42.5 Å². The number of hydrogen-bond acceptors (Lipinski definition) is 4. The monoisotopic (exact) mass is 454 g/mol. The van der Waals surface area contributed by atoms with Crippen LogP contribution >= 0.6 is 38.9 Å². The van der Waals surface area contributed by atoms with E-state index in [2.05, 4.69) is 26.2 Å². The number of nitrogens with zero attached hydrogens (tertiary/aromatic N) is 1.